The molecular weight excluding hydrogens is 374 g/mol. The molecule has 1 aromatic carbocycles. The summed E-state index contributed by atoms with van der Waals surface area (Å²) in [6.07, 6.45) is 3.96. The van der Waals surface area contributed by atoms with Crippen LogP contribution in [-0.4, -0.2) is 65.4 Å². The normalized spacial score (nSPS) is 26.2. The molecule has 3 heterocycles. The summed E-state index contributed by atoms with van der Waals surface area (Å²) >= 11 is 0. The van der Waals surface area contributed by atoms with Crippen LogP contribution in [0.1, 0.15) is 22.7 Å². The zero-order chi connectivity index (χ0) is 20.1. The van der Waals surface area contributed by atoms with Crippen molar-refractivity contribution in [2.45, 2.75) is 19.5 Å². The number of rotatable bonds is 5. The molecule has 0 spiro atoms. The summed E-state index contributed by atoms with van der Waals surface area (Å²) in [5.74, 6) is 0.642. The van der Waals surface area contributed by atoms with Gasteiger partial charge < -0.3 is 0 Å². The van der Waals surface area contributed by atoms with Gasteiger partial charge in [-0.1, -0.05) is 24.3 Å². The first-order valence-corrected chi connectivity index (χ1v) is 11.1. The molecule has 4 rings (SSSR count). The van der Waals surface area contributed by atoms with Gasteiger partial charge in [-0.05, 0) is 29.9 Å². The number of nitrogens with zero attached hydrogens (tertiary/aromatic N) is 5. The number of fused-ring (bicyclic) bond motifs is 1. The van der Waals surface area contributed by atoms with Crippen LogP contribution in [-0.2, 0) is 23.8 Å². The van der Waals surface area contributed by atoms with Gasteiger partial charge in [0.2, 0.25) is 0 Å². The molecular formula is C20H29N5O2S. The number of benzene rings is 1. The molecule has 2 aromatic rings. The van der Waals surface area contributed by atoms with E-state index >= 15 is 0 Å². The van der Waals surface area contributed by atoms with Crippen molar-refractivity contribution >= 4 is 10.2 Å². The molecule has 8 heteroatoms. The second kappa shape index (κ2) is 7.26. The highest BCUT2D eigenvalue weighted by Crippen LogP contribution is 2.47. The summed E-state index contributed by atoms with van der Waals surface area (Å²) in [6, 6.07) is 8.07. The van der Waals surface area contributed by atoms with Gasteiger partial charge in [-0.3, -0.25) is 9.58 Å². The van der Waals surface area contributed by atoms with Crippen LogP contribution in [0.3, 0.4) is 0 Å². The fourth-order valence-electron chi connectivity index (χ4n) is 4.79. The van der Waals surface area contributed by atoms with Crippen LogP contribution >= 0.6 is 0 Å². The Kier molecular flexibility index (Phi) is 5.07. The van der Waals surface area contributed by atoms with Gasteiger partial charge in [-0.25, -0.2) is 0 Å². The molecule has 2 fully saturated rings. The standard InChI is InChI=1S/C20H29N5O2S/c1-15-7-5-6-8-18(15)20-19-14-24(11-16-9-21-23(4)10-16)12-17(19)13-25(20)28(26,27)22(2)3/h5-10,17,19-20H,11-14H2,1-4H3/t17-,19-,20-/m0/s1. The van der Waals surface area contributed by atoms with E-state index in [1.165, 1.54) is 9.87 Å². The molecule has 2 aliphatic heterocycles. The first-order chi connectivity index (χ1) is 13.3. The summed E-state index contributed by atoms with van der Waals surface area (Å²) < 4.78 is 31.0. The molecule has 0 aliphatic carbocycles. The number of hydrogen-bond donors (Lipinski definition) is 0. The van der Waals surface area contributed by atoms with Gasteiger partial charge >= 0.3 is 0 Å². The molecule has 28 heavy (non-hydrogen) atoms. The van der Waals surface area contributed by atoms with E-state index in [1.807, 2.05) is 30.1 Å². The Bertz CT molecular complexity index is 955. The van der Waals surface area contributed by atoms with Crippen LogP contribution in [0.4, 0.5) is 0 Å². The Morgan fingerprint density at radius 1 is 1.18 bits per heavy atom. The monoisotopic (exact) mass is 403 g/mol. The summed E-state index contributed by atoms with van der Waals surface area (Å²) in [7, 11) is 1.70. The van der Waals surface area contributed by atoms with Crippen molar-refractivity contribution in [3.8, 4) is 0 Å². The Labute approximate surface area is 167 Å². The summed E-state index contributed by atoms with van der Waals surface area (Å²) in [5, 5.41) is 4.27. The summed E-state index contributed by atoms with van der Waals surface area (Å²) in [6.45, 7) is 5.33. The largest absolute Gasteiger partial charge is 0.298 e. The second-order valence-electron chi connectivity index (χ2n) is 8.30. The predicted molar refractivity (Wildman–Crippen MR) is 109 cm³/mol. The van der Waals surface area contributed by atoms with Crippen LogP contribution in [0.15, 0.2) is 36.7 Å². The highest BCUT2D eigenvalue weighted by molar-refractivity contribution is 7.86. The Hall–Kier alpha value is -1.74. The molecule has 2 saturated heterocycles. The van der Waals surface area contributed by atoms with Gasteiger partial charge in [-0.2, -0.15) is 22.1 Å². The van der Waals surface area contributed by atoms with E-state index in [0.717, 1.165) is 30.8 Å². The molecule has 152 valence electrons. The molecule has 0 unspecified atom stereocenters. The maximum atomic E-state index is 13.1. The summed E-state index contributed by atoms with van der Waals surface area (Å²) in [5.41, 5.74) is 3.48. The molecule has 0 radical (unpaired) electrons. The Balaban J connectivity index is 1.63. The van der Waals surface area contributed by atoms with Gasteiger partial charge in [0, 0.05) is 59.1 Å². The third-order valence-electron chi connectivity index (χ3n) is 6.13. The summed E-state index contributed by atoms with van der Waals surface area (Å²) in [4.78, 5) is 2.44. The Morgan fingerprint density at radius 2 is 1.93 bits per heavy atom. The van der Waals surface area contributed by atoms with E-state index in [-0.39, 0.29) is 6.04 Å². The first-order valence-electron chi connectivity index (χ1n) is 9.72. The van der Waals surface area contributed by atoms with E-state index in [0.29, 0.717) is 18.4 Å². The molecule has 2 aliphatic rings. The number of hydrogen-bond acceptors (Lipinski definition) is 4. The molecule has 0 saturated carbocycles. The fourth-order valence-corrected chi connectivity index (χ4v) is 6.15. The Morgan fingerprint density at radius 3 is 2.57 bits per heavy atom. The van der Waals surface area contributed by atoms with Crippen LogP contribution in [0, 0.1) is 18.8 Å². The van der Waals surface area contributed by atoms with Crippen molar-refractivity contribution in [3.63, 3.8) is 0 Å². The SMILES string of the molecule is Cc1ccccc1[C@H]1[C@H]2CN(Cc3cnn(C)c3)C[C@H]2CN1S(=O)(=O)N(C)C. The van der Waals surface area contributed by atoms with E-state index in [1.54, 1.807) is 18.4 Å². The quantitative estimate of drug-likeness (QED) is 0.762. The van der Waals surface area contributed by atoms with Gasteiger partial charge in [0.15, 0.2) is 0 Å². The van der Waals surface area contributed by atoms with Crippen LogP contribution < -0.4 is 0 Å². The molecule has 0 N–H and O–H groups in total. The van der Waals surface area contributed by atoms with Crippen LogP contribution in [0.2, 0.25) is 0 Å². The van der Waals surface area contributed by atoms with Crippen molar-refractivity contribution in [1.82, 2.24) is 23.3 Å². The van der Waals surface area contributed by atoms with E-state index in [2.05, 4.69) is 35.3 Å². The van der Waals surface area contributed by atoms with Crippen molar-refractivity contribution in [3.05, 3.63) is 53.3 Å². The van der Waals surface area contributed by atoms with Crippen molar-refractivity contribution in [2.24, 2.45) is 18.9 Å². The smallest absolute Gasteiger partial charge is 0.282 e. The zero-order valence-corrected chi connectivity index (χ0v) is 17.8. The van der Waals surface area contributed by atoms with E-state index in [9.17, 15) is 8.42 Å². The maximum Gasteiger partial charge on any atom is 0.282 e. The third-order valence-corrected chi connectivity index (χ3v) is 8.02. The van der Waals surface area contributed by atoms with E-state index in [4.69, 9.17) is 0 Å². The lowest BCUT2D eigenvalue weighted by Crippen LogP contribution is -2.42. The van der Waals surface area contributed by atoms with Crippen LogP contribution in [0.5, 0.6) is 0 Å². The fraction of sp³-hybridized carbons (Fsp3) is 0.550. The highest BCUT2D eigenvalue weighted by Gasteiger charge is 2.52. The predicted octanol–water partition coefficient (Wildman–Crippen LogP) is 1.64. The molecule has 1 aromatic heterocycles. The highest BCUT2D eigenvalue weighted by atomic mass is 32.2. The average molecular weight is 404 g/mol. The van der Waals surface area contributed by atoms with Gasteiger partial charge in [0.05, 0.1) is 12.2 Å². The number of aromatic nitrogens is 2. The first kappa shape index (κ1) is 19.6. The molecule has 0 amide bonds. The van der Waals surface area contributed by atoms with E-state index < -0.39 is 10.2 Å². The lowest BCUT2D eigenvalue weighted by Gasteiger charge is -2.31. The van der Waals surface area contributed by atoms with Gasteiger partial charge in [-0.15, -0.1) is 0 Å². The maximum absolute atomic E-state index is 13.1. The third kappa shape index (κ3) is 3.39. The zero-order valence-electron chi connectivity index (χ0n) is 17.0. The average Bonchev–Trinajstić information content (AvgIpc) is 3.30. The van der Waals surface area contributed by atoms with Gasteiger partial charge in [0.25, 0.3) is 10.2 Å². The lowest BCUT2D eigenvalue weighted by atomic mass is 9.88. The van der Waals surface area contributed by atoms with Crippen molar-refractivity contribution < 1.29 is 8.42 Å². The minimum atomic E-state index is -3.47. The molecule has 3 atom stereocenters. The number of likely N-dealkylation sites (tertiary alicyclic amines) is 1. The van der Waals surface area contributed by atoms with Crippen LogP contribution in [0.25, 0.3) is 0 Å². The molecule has 0 bridgehead atoms. The minimum absolute atomic E-state index is 0.113. The molecule has 7 nitrogen and oxygen atoms in total. The lowest BCUT2D eigenvalue weighted by molar-refractivity contribution is 0.254. The van der Waals surface area contributed by atoms with Gasteiger partial charge in [0.1, 0.15) is 0 Å². The minimum Gasteiger partial charge on any atom is -0.298 e. The van der Waals surface area contributed by atoms with Crippen molar-refractivity contribution in [2.75, 3.05) is 33.7 Å². The van der Waals surface area contributed by atoms with Crippen molar-refractivity contribution in [1.29, 1.82) is 0 Å². The second-order valence-corrected chi connectivity index (χ2v) is 10.4. The number of aryl methyl sites for hydroxylation is 2. The topological polar surface area (TPSA) is 61.7 Å².